The lowest BCUT2D eigenvalue weighted by atomic mass is 9.94. The van der Waals surface area contributed by atoms with Gasteiger partial charge in [0.25, 0.3) is 5.91 Å². The molecule has 0 bridgehead atoms. The quantitative estimate of drug-likeness (QED) is 0.900. The van der Waals surface area contributed by atoms with Crippen LogP contribution in [0.4, 0.5) is 0 Å². The van der Waals surface area contributed by atoms with Crippen molar-refractivity contribution in [2.75, 3.05) is 33.9 Å². The molecule has 1 aromatic rings. The molecule has 0 radical (unpaired) electrons. The van der Waals surface area contributed by atoms with Gasteiger partial charge in [0, 0.05) is 19.2 Å². The Labute approximate surface area is 126 Å². The maximum atomic E-state index is 12.7. The van der Waals surface area contributed by atoms with Crippen molar-refractivity contribution < 1.29 is 14.3 Å². The molecule has 1 saturated heterocycles. The summed E-state index contributed by atoms with van der Waals surface area (Å²) in [6.07, 6.45) is 3.17. The second kappa shape index (κ2) is 7.31. The van der Waals surface area contributed by atoms with E-state index in [1.165, 1.54) is 0 Å². The van der Waals surface area contributed by atoms with Gasteiger partial charge in [-0.25, -0.2) is 0 Å². The SMILES string of the molecule is COc1ccc(C(=O)N2CCCC(CCN)C2)c(OC)c1. The number of nitrogens with two attached hydrogens (primary N) is 1. The molecule has 0 spiro atoms. The molecule has 0 aromatic heterocycles. The summed E-state index contributed by atoms with van der Waals surface area (Å²) in [5.41, 5.74) is 6.22. The van der Waals surface area contributed by atoms with E-state index in [0.717, 1.165) is 32.4 Å². The molecule has 0 saturated carbocycles. The van der Waals surface area contributed by atoms with Crippen LogP contribution in [-0.4, -0.2) is 44.7 Å². The first kappa shape index (κ1) is 15.6. The smallest absolute Gasteiger partial charge is 0.257 e. The Bertz CT molecular complexity index is 488. The highest BCUT2D eigenvalue weighted by atomic mass is 16.5. The van der Waals surface area contributed by atoms with Crippen LogP contribution in [0.25, 0.3) is 0 Å². The summed E-state index contributed by atoms with van der Waals surface area (Å²) >= 11 is 0. The molecule has 116 valence electrons. The fourth-order valence-electron chi connectivity index (χ4n) is 2.87. The summed E-state index contributed by atoms with van der Waals surface area (Å²) < 4.78 is 10.5. The van der Waals surface area contributed by atoms with E-state index in [2.05, 4.69) is 0 Å². The molecule has 5 nitrogen and oxygen atoms in total. The van der Waals surface area contributed by atoms with Crippen LogP contribution in [-0.2, 0) is 0 Å². The van der Waals surface area contributed by atoms with Gasteiger partial charge in [-0.15, -0.1) is 0 Å². The maximum Gasteiger partial charge on any atom is 0.257 e. The predicted molar refractivity (Wildman–Crippen MR) is 81.8 cm³/mol. The Morgan fingerprint density at radius 3 is 2.86 bits per heavy atom. The average molecular weight is 292 g/mol. The zero-order valence-corrected chi connectivity index (χ0v) is 12.8. The first-order chi connectivity index (χ1) is 10.2. The molecular formula is C16H24N2O3. The van der Waals surface area contributed by atoms with Crippen molar-refractivity contribution in [1.29, 1.82) is 0 Å². The third-order valence-corrected chi connectivity index (χ3v) is 4.02. The van der Waals surface area contributed by atoms with E-state index in [1.807, 2.05) is 4.90 Å². The number of hydrogen-bond donors (Lipinski definition) is 1. The average Bonchev–Trinajstić information content (AvgIpc) is 2.54. The zero-order valence-electron chi connectivity index (χ0n) is 12.8. The second-order valence-corrected chi connectivity index (χ2v) is 5.40. The van der Waals surface area contributed by atoms with E-state index in [9.17, 15) is 4.79 Å². The van der Waals surface area contributed by atoms with Crippen molar-refractivity contribution in [2.45, 2.75) is 19.3 Å². The Morgan fingerprint density at radius 1 is 1.38 bits per heavy atom. The molecule has 2 N–H and O–H groups in total. The van der Waals surface area contributed by atoms with E-state index >= 15 is 0 Å². The van der Waals surface area contributed by atoms with Crippen LogP contribution >= 0.6 is 0 Å². The van der Waals surface area contributed by atoms with Gasteiger partial charge < -0.3 is 20.1 Å². The number of rotatable bonds is 5. The first-order valence-corrected chi connectivity index (χ1v) is 7.41. The molecule has 1 aliphatic rings. The minimum Gasteiger partial charge on any atom is -0.497 e. The van der Waals surface area contributed by atoms with Gasteiger partial charge in [-0.05, 0) is 43.9 Å². The van der Waals surface area contributed by atoms with Gasteiger partial charge >= 0.3 is 0 Å². The number of amides is 1. The van der Waals surface area contributed by atoms with Gasteiger partial charge in [-0.1, -0.05) is 0 Å². The largest absolute Gasteiger partial charge is 0.497 e. The van der Waals surface area contributed by atoms with Crippen LogP contribution in [0, 0.1) is 5.92 Å². The lowest BCUT2D eigenvalue weighted by Crippen LogP contribution is -2.40. The lowest BCUT2D eigenvalue weighted by molar-refractivity contribution is 0.0666. The van der Waals surface area contributed by atoms with Crippen molar-refractivity contribution in [3.8, 4) is 11.5 Å². The summed E-state index contributed by atoms with van der Waals surface area (Å²) in [4.78, 5) is 14.6. The Balaban J connectivity index is 2.15. The zero-order chi connectivity index (χ0) is 15.2. The van der Waals surface area contributed by atoms with Crippen molar-refractivity contribution in [3.05, 3.63) is 23.8 Å². The molecule has 1 unspecified atom stereocenters. The minimum atomic E-state index is 0.0243. The number of likely N-dealkylation sites (tertiary alicyclic amines) is 1. The third kappa shape index (κ3) is 3.67. The van der Waals surface area contributed by atoms with Gasteiger partial charge in [0.05, 0.1) is 19.8 Å². The van der Waals surface area contributed by atoms with E-state index in [4.69, 9.17) is 15.2 Å². The monoisotopic (exact) mass is 292 g/mol. The summed E-state index contributed by atoms with van der Waals surface area (Å²) in [5.74, 6) is 1.77. The summed E-state index contributed by atoms with van der Waals surface area (Å²) in [6.45, 7) is 2.26. The molecule has 1 heterocycles. The second-order valence-electron chi connectivity index (χ2n) is 5.40. The Hall–Kier alpha value is -1.75. The van der Waals surface area contributed by atoms with Gasteiger partial charge in [0.15, 0.2) is 0 Å². The molecule has 1 aromatic carbocycles. The van der Waals surface area contributed by atoms with Crippen LogP contribution in [0.1, 0.15) is 29.6 Å². The maximum absolute atomic E-state index is 12.7. The van der Waals surface area contributed by atoms with E-state index in [1.54, 1.807) is 32.4 Å². The number of nitrogens with zero attached hydrogens (tertiary/aromatic N) is 1. The van der Waals surface area contributed by atoms with E-state index in [-0.39, 0.29) is 5.91 Å². The minimum absolute atomic E-state index is 0.0243. The Kier molecular flexibility index (Phi) is 5.44. The van der Waals surface area contributed by atoms with E-state index < -0.39 is 0 Å². The van der Waals surface area contributed by atoms with Gasteiger partial charge in [0.1, 0.15) is 11.5 Å². The van der Waals surface area contributed by atoms with Gasteiger partial charge in [-0.2, -0.15) is 0 Å². The number of piperidine rings is 1. The van der Waals surface area contributed by atoms with Gasteiger partial charge in [0.2, 0.25) is 0 Å². The number of methoxy groups -OCH3 is 2. The first-order valence-electron chi connectivity index (χ1n) is 7.41. The van der Waals surface area contributed by atoms with Crippen LogP contribution < -0.4 is 15.2 Å². The Morgan fingerprint density at radius 2 is 2.19 bits per heavy atom. The van der Waals surface area contributed by atoms with Crippen molar-refractivity contribution in [3.63, 3.8) is 0 Å². The highest BCUT2D eigenvalue weighted by molar-refractivity contribution is 5.97. The highest BCUT2D eigenvalue weighted by Crippen LogP contribution is 2.28. The third-order valence-electron chi connectivity index (χ3n) is 4.02. The molecular weight excluding hydrogens is 268 g/mol. The molecule has 1 aliphatic heterocycles. The summed E-state index contributed by atoms with van der Waals surface area (Å²) in [6, 6.07) is 5.30. The number of ether oxygens (including phenoxy) is 2. The summed E-state index contributed by atoms with van der Waals surface area (Å²) in [5, 5.41) is 0. The molecule has 5 heteroatoms. The summed E-state index contributed by atoms with van der Waals surface area (Å²) in [7, 11) is 3.16. The number of hydrogen-bond acceptors (Lipinski definition) is 4. The van der Waals surface area contributed by atoms with Crippen LogP contribution in [0.5, 0.6) is 11.5 Å². The van der Waals surface area contributed by atoms with E-state index in [0.29, 0.717) is 29.5 Å². The standard InChI is InChI=1S/C16H24N2O3/c1-20-13-5-6-14(15(10-13)21-2)16(19)18-9-3-4-12(11-18)7-8-17/h5-6,10,12H,3-4,7-9,11,17H2,1-2H3. The van der Waals surface area contributed by atoms with Crippen molar-refractivity contribution in [2.24, 2.45) is 11.7 Å². The molecule has 0 aliphatic carbocycles. The lowest BCUT2D eigenvalue weighted by Gasteiger charge is -2.33. The number of carbonyl (C=O) groups excluding carboxylic acids is 1. The fraction of sp³-hybridized carbons (Fsp3) is 0.562. The molecule has 2 rings (SSSR count). The molecule has 1 amide bonds. The van der Waals surface area contributed by atoms with Crippen molar-refractivity contribution >= 4 is 5.91 Å². The fourth-order valence-corrected chi connectivity index (χ4v) is 2.87. The highest BCUT2D eigenvalue weighted by Gasteiger charge is 2.26. The number of benzene rings is 1. The molecule has 21 heavy (non-hydrogen) atoms. The van der Waals surface area contributed by atoms with Crippen LogP contribution in [0.3, 0.4) is 0 Å². The normalized spacial score (nSPS) is 18.4. The van der Waals surface area contributed by atoms with Crippen molar-refractivity contribution in [1.82, 2.24) is 4.90 Å². The van der Waals surface area contributed by atoms with Crippen LogP contribution in [0.15, 0.2) is 18.2 Å². The molecule has 1 atom stereocenters. The number of carbonyl (C=O) groups is 1. The topological polar surface area (TPSA) is 64.8 Å². The predicted octanol–water partition coefficient (Wildman–Crippen LogP) is 1.90. The van der Waals surface area contributed by atoms with Gasteiger partial charge in [-0.3, -0.25) is 4.79 Å². The van der Waals surface area contributed by atoms with Crippen LogP contribution in [0.2, 0.25) is 0 Å². The molecule has 1 fully saturated rings.